The van der Waals surface area contributed by atoms with Crippen molar-refractivity contribution in [2.24, 2.45) is 0 Å². The van der Waals surface area contributed by atoms with Crippen LogP contribution in [0.25, 0.3) is 0 Å². The maximum atomic E-state index is 13.5. The second kappa shape index (κ2) is 8.08. The summed E-state index contributed by atoms with van der Waals surface area (Å²) >= 11 is 0. The summed E-state index contributed by atoms with van der Waals surface area (Å²) in [6, 6.07) is 15.8. The number of benzene rings is 2. The van der Waals surface area contributed by atoms with Crippen LogP contribution >= 0.6 is 7.37 Å². The number of rotatable bonds is 7. The molecule has 0 radical (unpaired) electrons. The van der Waals surface area contributed by atoms with E-state index in [1.807, 2.05) is 32.0 Å². The molecule has 2 aromatic carbocycles. The fraction of sp³-hybridized carbons (Fsp3) is 0.238. The van der Waals surface area contributed by atoms with E-state index < -0.39 is 17.4 Å². The number of hydrogen-bond donors (Lipinski definition) is 0. The van der Waals surface area contributed by atoms with Crippen LogP contribution in [0.4, 0.5) is 0 Å². The zero-order valence-electron chi connectivity index (χ0n) is 16.2. The molecule has 1 aromatic heterocycles. The monoisotopic (exact) mass is 417 g/mol. The van der Waals surface area contributed by atoms with Crippen LogP contribution in [0.5, 0.6) is 0 Å². The molecule has 148 valence electrons. The van der Waals surface area contributed by atoms with Gasteiger partial charge < -0.3 is 4.52 Å². The van der Waals surface area contributed by atoms with Crippen LogP contribution in [0, 0.1) is 13.8 Å². The van der Waals surface area contributed by atoms with Crippen LogP contribution in [0.15, 0.2) is 71.9 Å². The maximum absolute atomic E-state index is 13.5. The van der Waals surface area contributed by atoms with Crippen molar-refractivity contribution in [1.29, 1.82) is 0 Å². The van der Waals surface area contributed by atoms with Gasteiger partial charge in [-0.25, -0.2) is 12.4 Å². The first-order valence-corrected chi connectivity index (χ1v) is 12.3. The van der Waals surface area contributed by atoms with Gasteiger partial charge in [-0.15, -0.1) is 0 Å². The number of nitrogens with zero attached hydrogens (tertiary/aromatic N) is 1. The molecule has 28 heavy (non-hydrogen) atoms. The SMILES string of the molecule is CCOP(=O)(Cc1cn(S(=O)(=O)c2ccc(C)cc2)cc1C)c1ccccc1. The van der Waals surface area contributed by atoms with E-state index in [-0.39, 0.29) is 11.1 Å². The highest BCUT2D eigenvalue weighted by molar-refractivity contribution is 7.90. The second-order valence-electron chi connectivity index (χ2n) is 6.70. The van der Waals surface area contributed by atoms with E-state index in [4.69, 9.17) is 4.52 Å². The van der Waals surface area contributed by atoms with Gasteiger partial charge in [0.1, 0.15) is 0 Å². The molecule has 0 N–H and O–H groups in total. The molecule has 7 heteroatoms. The summed E-state index contributed by atoms with van der Waals surface area (Å²) in [5.74, 6) is 0. The molecule has 0 aliphatic rings. The predicted octanol–water partition coefficient (Wildman–Crippen LogP) is 4.48. The van der Waals surface area contributed by atoms with Gasteiger partial charge in [-0.3, -0.25) is 4.57 Å². The van der Waals surface area contributed by atoms with Gasteiger partial charge in [0.2, 0.25) is 7.37 Å². The van der Waals surface area contributed by atoms with Crippen LogP contribution in [-0.2, 0) is 25.3 Å². The molecule has 1 unspecified atom stereocenters. The summed E-state index contributed by atoms with van der Waals surface area (Å²) in [5, 5.41) is 0.630. The molecule has 1 heterocycles. The van der Waals surface area contributed by atoms with Gasteiger partial charge in [0.25, 0.3) is 10.0 Å². The van der Waals surface area contributed by atoms with Gasteiger partial charge in [-0.1, -0.05) is 35.9 Å². The Morgan fingerprint density at radius 3 is 2.21 bits per heavy atom. The summed E-state index contributed by atoms with van der Waals surface area (Å²) in [4.78, 5) is 0.218. The van der Waals surface area contributed by atoms with Crippen molar-refractivity contribution in [1.82, 2.24) is 3.97 Å². The van der Waals surface area contributed by atoms with Gasteiger partial charge in [-0.2, -0.15) is 0 Å². The highest BCUT2D eigenvalue weighted by Crippen LogP contribution is 2.49. The molecule has 0 bridgehead atoms. The quantitative estimate of drug-likeness (QED) is 0.532. The van der Waals surface area contributed by atoms with E-state index in [0.29, 0.717) is 17.5 Å². The van der Waals surface area contributed by atoms with E-state index in [9.17, 15) is 13.0 Å². The van der Waals surface area contributed by atoms with Gasteiger partial charge in [-0.05, 0) is 56.2 Å². The molecule has 3 rings (SSSR count). The van der Waals surface area contributed by atoms with Crippen molar-refractivity contribution in [3.8, 4) is 0 Å². The molecule has 3 aromatic rings. The topological polar surface area (TPSA) is 65.4 Å². The fourth-order valence-electron chi connectivity index (χ4n) is 3.00. The summed E-state index contributed by atoms with van der Waals surface area (Å²) in [7, 11) is -6.85. The van der Waals surface area contributed by atoms with Crippen LogP contribution in [0.3, 0.4) is 0 Å². The largest absolute Gasteiger partial charge is 0.325 e. The van der Waals surface area contributed by atoms with E-state index in [1.54, 1.807) is 55.7 Å². The minimum Gasteiger partial charge on any atom is -0.325 e. The van der Waals surface area contributed by atoms with Gasteiger partial charge in [0.15, 0.2) is 0 Å². The van der Waals surface area contributed by atoms with Crippen LogP contribution < -0.4 is 5.30 Å². The first-order valence-electron chi connectivity index (χ1n) is 9.05. The van der Waals surface area contributed by atoms with E-state index in [2.05, 4.69) is 0 Å². The molecule has 0 fully saturated rings. The Kier molecular flexibility index (Phi) is 5.94. The lowest BCUT2D eigenvalue weighted by atomic mass is 10.2. The van der Waals surface area contributed by atoms with Gasteiger partial charge >= 0.3 is 0 Å². The number of aryl methyl sites for hydroxylation is 2. The molecule has 0 aliphatic heterocycles. The lowest BCUT2D eigenvalue weighted by Gasteiger charge is -2.18. The lowest BCUT2D eigenvalue weighted by Crippen LogP contribution is -2.11. The minimum atomic E-state index is -3.70. The van der Waals surface area contributed by atoms with Crippen LogP contribution in [0.2, 0.25) is 0 Å². The Hall–Kier alpha value is -2.14. The van der Waals surface area contributed by atoms with E-state index >= 15 is 0 Å². The summed E-state index contributed by atoms with van der Waals surface area (Å²) in [5.41, 5.74) is 2.44. The minimum absolute atomic E-state index is 0.146. The van der Waals surface area contributed by atoms with Gasteiger partial charge in [0, 0.05) is 17.7 Å². The van der Waals surface area contributed by atoms with Crippen molar-refractivity contribution in [3.05, 3.63) is 83.7 Å². The number of hydrogen-bond acceptors (Lipinski definition) is 4. The van der Waals surface area contributed by atoms with E-state index in [0.717, 1.165) is 11.1 Å². The van der Waals surface area contributed by atoms with Crippen molar-refractivity contribution in [2.75, 3.05) is 6.61 Å². The Morgan fingerprint density at radius 1 is 0.964 bits per heavy atom. The van der Waals surface area contributed by atoms with Crippen LogP contribution in [0.1, 0.15) is 23.6 Å². The molecule has 0 aliphatic carbocycles. The van der Waals surface area contributed by atoms with E-state index in [1.165, 1.54) is 3.97 Å². The van der Waals surface area contributed by atoms with Crippen molar-refractivity contribution in [2.45, 2.75) is 31.8 Å². The predicted molar refractivity (Wildman–Crippen MR) is 112 cm³/mol. The molecular weight excluding hydrogens is 393 g/mol. The second-order valence-corrected chi connectivity index (χ2v) is 11.0. The van der Waals surface area contributed by atoms with Crippen molar-refractivity contribution < 1.29 is 17.5 Å². The average Bonchev–Trinajstić information content (AvgIpc) is 3.04. The zero-order valence-corrected chi connectivity index (χ0v) is 17.9. The first-order chi connectivity index (χ1) is 13.3. The first kappa shape index (κ1) is 20.6. The Morgan fingerprint density at radius 2 is 1.61 bits per heavy atom. The Balaban J connectivity index is 1.98. The molecule has 0 amide bonds. The molecule has 1 atom stereocenters. The lowest BCUT2D eigenvalue weighted by molar-refractivity contribution is 0.340. The molecule has 0 saturated carbocycles. The third-order valence-corrected chi connectivity index (χ3v) is 8.72. The summed E-state index contributed by atoms with van der Waals surface area (Å²) in [6.45, 7) is 5.84. The normalized spacial score (nSPS) is 14.0. The Bertz CT molecular complexity index is 1100. The van der Waals surface area contributed by atoms with Crippen LogP contribution in [-0.4, -0.2) is 19.0 Å². The number of aromatic nitrogens is 1. The van der Waals surface area contributed by atoms with Gasteiger partial charge in [0.05, 0.1) is 17.7 Å². The summed E-state index contributed by atoms with van der Waals surface area (Å²) < 4.78 is 46.3. The molecule has 0 saturated heterocycles. The maximum Gasteiger partial charge on any atom is 0.267 e. The van der Waals surface area contributed by atoms with Crippen molar-refractivity contribution >= 4 is 22.7 Å². The fourth-order valence-corrected chi connectivity index (χ4v) is 6.53. The molecule has 5 nitrogen and oxygen atoms in total. The smallest absolute Gasteiger partial charge is 0.267 e. The molecular formula is C21H24NO4PS. The standard InChI is InChI=1S/C21H24NO4PS/c1-4-26-27(23,20-8-6-5-7-9-20)16-19-15-22(14-18(19)3)28(24,25)21-12-10-17(2)11-13-21/h5-15H,4,16H2,1-3H3. The summed E-state index contributed by atoms with van der Waals surface area (Å²) in [6.07, 6.45) is 3.25. The Labute approximate surface area is 166 Å². The van der Waals surface area contributed by atoms with Crippen molar-refractivity contribution in [3.63, 3.8) is 0 Å². The highest BCUT2D eigenvalue weighted by Gasteiger charge is 2.28. The molecule has 0 spiro atoms. The third kappa shape index (κ3) is 4.14. The third-order valence-electron chi connectivity index (χ3n) is 4.57. The zero-order chi connectivity index (χ0) is 20.4. The average molecular weight is 417 g/mol. The highest BCUT2D eigenvalue weighted by atomic mass is 32.2.